The van der Waals surface area contributed by atoms with E-state index in [9.17, 15) is 0 Å². The second-order valence-corrected chi connectivity index (χ2v) is 5.10. The van der Waals surface area contributed by atoms with E-state index in [0.29, 0.717) is 6.54 Å². The van der Waals surface area contributed by atoms with Gasteiger partial charge in [0, 0.05) is 49.8 Å². The van der Waals surface area contributed by atoms with Crippen molar-refractivity contribution in [2.24, 2.45) is 0 Å². The van der Waals surface area contributed by atoms with Crippen LogP contribution >= 0.6 is 0 Å². The van der Waals surface area contributed by atoms with Gasteiger partial charge in [-0.05, 0) is 29.8 Å². The van der Waals surface area contributed by atoms with Gasteiger partial charge in [0.05, 0.1) is 5.69 Å². The lowest BCUT2D eigenvalue weighted by atomic mass is 10.1. The second-order valence-electron chi connectivity index (χ2n) is 5.10. The molecule has 6 heteroatoms. The molecule has 4 aromatic heterocycles. The Balaban J connectivity index is 0.00000169. The summed E-state index contributed by atoms with van der Waals surface area (Å²) in [5, 5.41) is 4.35. The highest BCUT2D eigenvalue weighted by Crippen LogP contribution is 2.26. The fourth-order valence-electron chi connectivity index (χ4n) is 2.46. The van der Waals surface area contributed by atoms with Crippen molar-refractivity contribution in [1.29, 1.82) is 0 Å². The highest BCUT2D eigenvalue weighted by molar-refractivity contribution is 5.92. The van der Waals surface area contributed by atoms with E-state index in [0.717, 1.165) is 33.7 Å². The van der Waals surface area contributed by atoms with E-state index >= 15 is 0 Å². The highest BCUT2D eigenvalue weighted by Gasteiger charge is 2.08. The lowest BCUT2D eigenvalue weighted by Crippen LogP contribution is -2.02. The van der Waals surface area contributed by atoms with Crippen LogP contribution in [0, 0.1) is 0 Å². The number of H-pyrrole nitrogens is 1. The molecule has 0 aliphatic carbocycles. The Labute approximate surface area is 134 Å². The molecule has 0 fully saturated rings. The van der Waals surface area contributed by atoms with E-state index in [1.54, 1.807) is 24.9 Å². The maximum Gasteiger partial charge on any atom is 0.137 e. The molecule has 4 heterocycles. The molecule has 0 aliphatic rings. The van der Waals surface area contributed by atoms with Crippen LogP contribution in [0.2, 0.25) is 0 Å². The van der Waals surface area contributed by atoms with Crippen LogP contribution in [-0.2, 0) is 6.54 Å². The van der Waals surface area contributed by atoms with Crippen LogP contribution in [0.25, 0.3) is 22.3 Å². The smallest absolute Gasteiger partial charge is 0.137 e. The number of hydrogen-bond acceptors (Lipinski definition) is 5. The fraction of sp³-hybridized carbons (Fsp3) is 0.0588. The quantitative estimate of drug-likeness (QED) is 0.605. The number of nitrogens with zero attached hydrogens (tertiary/aromatic N) is 4. The van der Waals surface area contributed by atoms with Gasteiger partial charge in [-0.25, -0.2) is 15.0 Å². The largest absolute Gasteiger partial charge is 0.366 e. The summed E-state index contributed by atoms with van der Waals surface area (Å²) in [5.41, 5.74) is 3.88. The molecule has 0 spiro atoms. The van der Waals surface area contributed by atoms with Crippen molar-refractivity contribution >= 4 is 16.9 Å². The van der Waals surface area contributed by atoms with Gasteiger partial charge in [0.15, 0.2) is 0 Å². The molecular formula is C17H16N6. The molecule has 2 N–H and O–H groups in total. The first kappa shape index (κ1) is 13.4. The standard InChI is InChI=1S/C17H14N6.H2/c1-2-13-14(10-21-17(13)19-5-1)15-8-16(23-11-22-15)20-9-12-3-6-18-7-4-12;/h1-8,10-11H,9H2,(H,19,21)(H,20,22,23);1H. The number of aromatic nitrogens is 5. The van der Waals surface area contributed by atoms with Crippen molar-refractivity contribution in [3.63, 3.8) is 0 Å². The topological polar surface area (TPSA) is 79.4 Å². The van der Waals surface area contributed by atoms with E-state index in [4.69, 9.17) is 0 Å². The van der Waals surface area contributed by atoms with Crippen LogP contribution in [0.5, 0.6) is 0 Å². The van der Waals surface area contributed by atoms with Crippen molar-refractivity contribution in [3.8, 4) is 11.3 Å². The average molecular weight is 304 g/mol. The predicted molar refractivity (Wildman–Crippen MR) is 90.8 cm³/mol. The van der Waals surface area contributed by atoms with Gasteiger partial charge in [0.2, 0.25) is 0 Å². The van der Waals surface area contributed by atoms with Crippen LogP contribution in [0.15, 0.2) is 61.4 Å². The van der Waals surface area contributed by atoms with E-state index in [1.807, 2.05) is 36.5 Å². The summed E-state index contributed by atoms with van der Waals surface area (Å²) in [6.45, 7) is 0.689. The summed E-state index contributed by atoms with van der Waals surface area (Å²) < 4.78 is 0. The molecule has 114 valence electrons. The zero-order valence-corrected chi connectivity index (χ0v) is 12.3. The van der Waals surface area contributed by atoms with Crippen molar-refractivity contribution < 1.29 is 1.43 Å². The summed E-state index contributed by atoms with van der Waals surface area (Å²) in [6.07, 6.45) is 8.82. The summed E-state index contributed by atoms with van der Waals surface area (Å²) in [6, 6.07) is 9.83. The Kier molecular flexibility index (Phi) is 3.40. The van der Waals surface area contributed by atoms with Crippen molar-refractivity contribution in [2.75, 3.05) is 5.32 Å². The zero-order valence-electron chi connectivity index (χ0n) is 12.3. The highest BCUT2D eigenvalue weighted by atomic mass is 15.0. The minimum absolute atomic E-state index is 0. The van der Waals surface area contributed by atoms with Gasteiger partial charge >= 0.3 is 0 Å². The SMILES string of the molecule is [HH].c1cnc2[nH]cc(-c3cc(NCc4ccncc4)ncn3)c2c1. The van der Waals surface area contributed by atoms with Crippen molar-refractivity contribution in [3.05, 3.63) is 67.0 Å². The van der Waals surface area contributed by atoms with E-state index in [2.05, 4.69) is 30.2 Å². The average Bonchev–Trinajstić information content (AvgIpc) is 3.05. The molecule has 0 saturated heterocycles. The Morgan fingerprint density at radius 2 is 1.96 bits per heavy atom. The number of nitrogens with one attached hydrogen (secondary N) is 2. The Hall–Kier alpha value is -3.28. The Bertz CT molecular complexity index is 938. The van der Waals surface area contributed by atoms with E-state index in [-0.39, 0.29) is 1.43 Å². The third-order valence-electron chi connectivity index (χ3n) is 3.62. The molecule has 0 aromatic carbocycles. The summed E-state index contributed by atoms with van der Waals surface area (Å²) in [5.74, 6) is 0.782. The minimum atomic E-state index is 0. The number of pyridine rings is 2. The maximum absolute atomic E-state index is 4.38. The van der Waals surface area contributed by atoms with Crippen molar-refractivity contribution in [1.82, 2.24) is 24.9 Å². The Morgan fingerprint density at radius 1 is 1.04 bits per heavy atom. The lowest BCUT2D eigenvalue weighted by Gasteiger charge is -2.06. The molecule has 0 bridgehead atoms. The first-order valence-electron chi connectivity index (χ1n) is 7.27. The molecule has 4 aromatic rings. The number of fused-ring (bicyclic) bond motifs is 1. The summed E-state index contributed by atoms with van der Waals surface area (Å²) >= 11 is 0. The summed E-state index contributed by atoms with van der Waals surface area (Å²) in [7, 11) is 0. The van der Waals surface area contributed by atoms with Crippen molar-refractivity contribution in [2.45, 2.75) is 6.54 Å². The van der Waals surface area contributed by atoms with Crippen LogP contribution in [0.4, 0.5) is 5.82 Å². The van der Waals surface area contributed by atoms with Gasteiger partial charge in [0.25, 0.3) is 0 Å². The number of aromatic amines is 1. The maximum atomic E-state index is 4.38. The molecule has 0 aliphatic heterocycles. The minimum Gasteiger partial charge on any atom is -0.366 e. The fourth-order valence-corrected chi connectivity index (χ4v) is 2.46. The third kappa shape index (κ3) is 2.74. The van der Waals surface area contributed by atoms with E-state index in [1.165, 1.54) is 0 Å². The van der Waals surface area contributed by atoms with Gasteiger partial charge in [-0.15, -0.1) is 0 Å². The van der Waals surface area contributed by atoms with Gasteiger partial charge in [-0.1, -0.05) is 0 Å². The van der Waals surface area contributed by atoms with Crippen LogP contribution in [0.1, 0.15) is 6.99 Å². The summed E-state index contributed by atoms with van der Waals surface area (Å²) in [4.78, 5) is 20.1. The van der Waals surface area contributed by atoms with Gasteiger partial charge in [-0.3, -0.25) is 4.98 Å². The second kappa shape index (κ2) is 5.84. The molecular weight excluding hydrogens is 288 g/mol. The molecule has 0 atom stereocenters. The molecule has 6 nitrogen and oxygen atoms in total. The molecule has 0 amide bonds. The number of anilines is 1. The number of hydrogen-bond donors (Lipinski definition) is 2. The molecule has 0 radical (unpaired) electrons. The lowest BCUT2D eigenvalue weighted by molar-refractivity contribution is 1.07. The molecule has 23 heavy (non-hydrogen) atoms. The third-order valence-corrected chi connectivity index (χ3v) is 3.62. The van der Waals surface area contributed by atoms with Gasteiger partial charge in [0.1, 0.15) is 17.8 Å². The molecule has 4 rings (SSSR count). The molecule has 0 saturated carbocycles. The monoisotopic (exact) mass is 304 g/mol. The normalized spacial score (nSPS) is 10.8. The first-order valence-corrected chi connectivity index (χ1v) is 7.27. The van der Waals surface area contributed by atoms with Crippen LogP contribution in [0.3, 0.4) is 0 Å². The zero-order chi connectivity index (χ0) is 15.5. The van der Waals surface area contributed by atoms with Gasteiger partial charge < -0.3 is 10.3 Å². The molecule has 0 unspecified atom stereocenters. The first-order chi connectivity index (χ1) is 11.4. The van der Waals surface area contributed by atoms with Gasteiger partial charge in [-0.2, -0.15) is 0 Å². The van der Waals surface area contributed by atoms with Crippen LogP contribution in [-0.4, -0.2) is 24.9 Å². The van der Waals surface area contributed by atoms with E-state index < -0.39 is 0 Å². The predicted octanol–water partition coefficient (Wildman–Crippen LogP) is 3.27. The Morgan fingerprint density at radius 3 is 2.87 bits per heavy atom. The van der Waals surface area contributed by atoms with Crippen LogP contribution < -0.4 is 5.32 Å². The number of rotatable bonds is 4.